The number of hydrogen-bond acceptors (Lipinski definition) is 3. The zero-order chi connectivity index (χ0) is 14.5. The summed E-state index contributed by atoms with van der Waals surface area (Å²) < 4.78 is 1.39. The van der Waals surface area contributed by atoms with Gasteiger partial charge in [0.2, 0.25) is 0 Å². The van der Waals surface area contributed by atoms with Gasteiger partial charge < -0.3 is 15.0 Å². The van der Waals surface area contributed by atoms with Gasteiger partial charge in [0.15, 0.2) is 0 Å². The molecule has 0 aliphatic carbocycles. The van der Waals surface area contributed by atoms with E-state index < -0.39 is 0 Å². The lowest BCUT2D eigenvalue weighted by Crippen LogP contribution is -2.33. The fraction of sp³-hybridized carbons (Fsp3) is 0.286. The molecule has 1 aromatic carbocycles. The number of nitrogens with zero attached hydrogens (tertiary/aromatic N) is 2. The Hall–Kier alpha value is -2.34. The second-order valence-electron chi connectivity index (χ2n) is 4.50. The first-order valence-electron chi connectivity index (χ1n) is 6.32. The van der Waals surface area contributed by atoms with Crippen LogP contribution in [-0.4, -0.2) is 45.7 Å². The molecule has 0 saturated carbocycles. The smallest absolute Gasteiger partial charge is 0.326 e. The number of rotatable bonds is 5. The fourth-order valence-corrected chi connectivity index (χ4v) is 1.94. The number of likely N-dealkylation sites (N-methyl/N-ethyl adjacent to an activating group) is 1. The van der Waals surface area contributed by atoms with Gasteiger partial charge in [-0.3, -0.25) is 9.36 Å². The van der Waals surface area contributed by atoms with Gasteiger partial charge in [-0.1, -0.05) is 30.3 Å². The van der Waals surface area contributed by atoms with Crippen LogP contribution in [0.5, 0.6) is 0 Å². The highest BCUT2D eigenvalue weighted by atomic mass is 16.3. The zero-order valence-corrected chi connectivity index (χ0v) is 11.2. The molecule has 0 fully saturated rings. The molecular formula is C14H17N3O3. The van der Waals surface area contributed by atoms with Crippen molar-refractivity contribution in [3.8, 4) is 0 Å². The second kappa shape index (κ2) is 6.21. The lowest BCUT2D eigenvalue weighted by Gasteiger charge is -2.16. The van der Waals surface area contributed by atoms with Crippen LogP contribution in [0.25, 0.3) is 0 Å². The molecular weight excluding hydrogens is 258 g/mol. The molecule has 2 N–H and O–H groups in total. The van der Waals surface area contributed by atoms with Crippen molar-refractivity contribution in [1.82, 2.24) is 14.5 Å². The van der Waals surface area contributed by atoms with Crippen molar-refractivity contribution in [2.75, 3.05) is 20.2 Å². The molecule has 0 saturated heterocycles. The molecule has 0 atom stereocenters. The number of aliphatic hydroxyl groups excluding tert-OH is 1. The van der Waals surface area contributed by atoms with Gasteiger partial charge >= 0.3 is 5.69 Å². The van der Waals surface area contributed by atoms with Crippen molar-refractivity contribution >= 4 is 5.91 Å². The van der Waals surface area contributed by atoms with Crippen LogP contribution in [0.4, 0.5) is 0 Å². The van der Waals surface area contributed by atoms with Crippen LogP contribution in [0.1, 0.15) is 16.1 Å². The average Bonchev–Trinajstić information content (AvgIpc) is 2.81. The van der Waals surface area contributed by atoms with Crippen molar-refractivity contribution in [2.45, 2.75) is 6.54 Å². The van der Waals surface area contributed by atoms with E-state index in [0.29, 0.717) is 6.54 Å². The normalized spacial score (nSPS) is 10.5. The first kappa shape index (κ1) is 14.1. The van der Waals surface area contributed by atoms with Crippen LogP contribution in [0.2, 0.25) is 0 Å². The van der Waals surface area contributed by atoms with Gasteiger partial charge in [-0.2, -0.15) is 0 Å². The summed E-state index contributed by atoms with van der Waals surface area (Å²) in [5.41, 5.74) is 0.900. The number of aromatic amines is 1. The average molecular weight is 275 g/mol. The lowest BCUT2D eigenvalue weighted by atomic mass is 10.2. The molecule has 1 aromatic heterocycles. The third-order valence-corrected chi connectivity index (χ3v) is 3.05. The number of amides is 1. The van der Waals surface area contributed by atoms with Crippen LogP contribution in [0.15, 0.2) is 41.3 Å². The number of nitrogens with one attached hydrogen (secondary N) is 1. The molecule has 0 radical (unpaired) electrons. The summed E-state index contributed by atoms with van der Waals surface area (Å²) in [6.07, 6.45) is 1.40. The summed E-state index contributed by atoms with van der Waals surface area (Å²) in [6.45, 7) is 0.441. The first-order valence-corrected chi connectivity index (χ1v) is 6.32. The minimum atomic E-state index is -0.324. The van der Waals surface area contributed by atoms with E-state index in [1.54, 1.807) is 7.05 Å². The van der Waals surface area contributed by atoms with Crippen molar-refractivity contribution < 1.29 is 9.90 Å². The standard InChI is InChI=1S/C14H17N3O3/c1-16(7-8-18)13(19)12-9-15-14(20)17(12)10-11-5-3-2-4-6-11/h2-6,9,18H,7-8,10H2,1H3,(H,15,20). The van der Waals surface area contributed by atoms with Crippen molar-refractivity contribution in [1.29, 1.82) is 0 Å². The number of carbonyl (C=O) groups is 1. The minimum Gasteiger partial charge on any atom is -0.395 e. The van der Waals surface area contributed by atoms with Crippen LogP contribution < -0.4 is 5.69 Å². The number of imidazole rings is 1. The van der Waals surface area contributed by atoms with Gasteiger partial charge in [0.05, 0.1) is 13.2 Å². The predicted octanol–water partition coefficient (Wildman–Crippen LogP) is 0.289. The van der Waals surface area contributed by atoms with E-state index in [2.05, 4.69) is 4.98 Å². The largest absolute Gasteiger partial charge is 0.395 e. The Morgan fingerprint density at radius 3 is 2.70 bits per heavy atom. The van der Waals surface area contributed by atoms with Gasteiger partial charge in [-0.15, -0.1) is 0 Å². The third kappa shape index (κ3) is 2.97. The highest BCUT2D eigenvalue weighted by molar-refractivity contribution is 5.92. The Kier molecular flexibility index (Phi) is 4.37. The highest BCUT2D eigenvalue weighted by Crippen LogP contribution is 2.06. The molecule has 2 rings (SSSR count). The summed E-state index contributed by atoms with van der Waals surface area (Å²) in [6, 6.07) is 9.44. The van der Waals surface area contributed by atoms with E-state index in [9.17, 15) is 9.59 Å². The van der Waals surface area contributed by atoms with Crippen molar-refractivity contribution in [3.05, 3.63) is 58.3 Å². The number of aromatic nitrogens is 2. The summed E-state index contributed by atoms with van der Waals surface area (Å²) >= 11 is 0. The van der Waals surface area contributed by atoms with E-state index in [1.165, 1.54) is 15.7 Å². The third-order valence-electron chi connectivity index (χ3n) is 3.05. The molecule has 0 spiro atoms. The number of H-pyrrole nitrogens is 1. The summed E-state index contributed by atoms with van der Waals surface area (Å²) in [4.78, 5) is 27.9. The van der Waals surface area contributed by atoms with Crippen molar-refractivity contribution in [3.63, 3.8) is 0 Å². The Morgan fingerprint density at radius 1 is 1.35 bits per heavy atom. The van der Waals surface area contributed by atoms with Gasteiger partial charge in [0.1, 0.15) is 5.69 Å². The quantitative estimate of drug-likeness (QED) is 0.823. The molecule has 6 heteroatoms. The Bertz CT molecular complexity index is 631. The van der Waals surface area contributed by atoms with Crippen molar-refractivity contribution in [2.24, 2.45) is 0 Å². The molecule has 2 aromatic rings. The van der Waals surface area contributed by atoms with Crippen LogP contribution in [0.3, 0.4) is 0 Å². The predicted molar refractivity (Wildman–Crippen MR) is 74.6 cm³/mol. The lowest BCUT2D eigenvalue weighted by molar-refractivity contribution is 0.0756. The molecule has 6 nitrogen and oxygen atoms in total. The molecule has 0 unspecified atom stereocenters. The van der Waals surface area contributed by atoms with Gasteiger partial charge in [0.25, 0.3) is 5.91 Å². The topological polar surface area (TPSA) is 78.3 Å². The van der Waals surface area contributed by atoms with Crippen LogP contribution >= 0.6 is 0 Å². The van der Waals surface area contributed by atoms with E-state index in [1.807, 2.05) is 30.3 Å². The zero-order valence-electron chi connectivity index (χ0n) is 11.2. The van der Waals surface area contributed by atoms with Crippen LogP contribution in [-0.2, 0) is 6.54 Å². The Morgan fingerprint density at radius 2 is 2.05 bits per heavy atom. The molecule has 1 amide bonds. The molecule has 0 aliphatic rings. The maximum atomic E-state index is 12.2. The summed E-state index contributed by atoms with van der Waals surface area (Å²) in [5, 5.41) is 8.87. The van der Waals surface area contributed by atoms with Gasteiger partial charge in [-0.25, -0.2) is 4.79 Å². The van der Waals surface area contributed by atoms with E-state index in [-0.39, 0.29) is 30.4 Å². The van der Waals surface area contributed by atoms with E-state index in [0.717, 1.165) is 5.56 Å². The SMILES string of the molecule is CN(CCO)C(=O)c1c[nH]c(=O)n1Cc1ccccc1. The maximum Gasteiger partial charge on any atom is 0.326 e. The van der Waals surface area contributed by atoms with Gasteiger partial charge in [-0.05, 0) is 5.56 Å². The summed E-state index contributed by atoms with van der Waals surface area (Å²) in [7, 11) is 1.59. The van der Waals surface area contributed by atoms with Gasteiger partial charge in [0, 0.05) is 19.8 Å². The van der Waals surface area contributed by atoms with Crippen LogP contribution in [0, 0.1) is 0 Å². The molecule has 106 valence electrons. The minimum absolute atomic E-state index is 0.115. The molecule has 1 heterocycles. The Labute approximate surface area is 116 Å². The number of hydrogen-bond donors (Lipinski definition) is 2. The van der Waals surface area contributed by atoms with E-state index >= 15 is 0 Å². The molecule has 0 aliphatic heterocycles. The fourth-order valence-electron chi connectivity index (χ4n) is 1.94. The second-order valence-corrected chi connectivity index (χ2v) is 4.50. The highest BCUT2D eigenvalue weighted by Gasteiger charge is 2.18. The maximum absolute atomic E-state index is 12.2. The monoisotopic (exact) mass is 275 g/mol. The first-order chi connectivity index (χ1) is 9.63. The van der Waals surface area contributed by atoms with E-state index in [4.69, 9.17) is 5.11 Å². The number of benzene rings is 1. The number of carbonyl (C=O) groups excluding carboxylic acids is 1. The molecule has 0 bridgehead atoms. The Balaban J connectivity index is 2.28. The number of aliphatic hydroxyl groups is 1. The molecule has 20 heavy (non-hydrogen) atoms. The summed E-state index contributed by atoms with van der Waals surface area (Å²) in [5.74, 6) is -0.298.